The van der Waals surface area contributed by atoms with Gasteiger partial charge in [0.05, 0.1) is 6.21 Å². The van der Waals surface area contributed by atoms with Crippen LogP contribution in [0, 0.1) is 0 Å². The summed E-state index contributed by atoms with van der Waals surface area (Å²) in [6.07, 6.45) is 3.75. The Morgan fingerprint density at radius 2 is 1.59 bits per heavy atom. The van der Waals surface area contributed by atoms with Crippen LogP contribution < -0.4 is 10.7 Å². The monoisotopic (exact) mass is 427 g/mol. The van der Waals surface area contributed by atoms with Crippen molar-refractivity contribution in [3.63, 3.8) is 0 Å². The number of nitrogens with one attached hydrogen (secondary N) is 2. The number of amides is 2. The van der Waals surface area contributed by atoms with E-state index in [0.29, 0.717) is 5.92 Å². The molecule has 0 unspecified atom stereocenters. The van der Waals surface area contributed by atoms with Crippen LogP contribution >= 0.6 is 0 Å². The van der Waals surface area contributed by atoms with E-state index in [1.54, 1.807) is 6.21 Å². The van der Waals surface area contributed by atoms with Gasteiger partial charge in [0.1, 0.15) is 0 Å². The maximum Gasteiger partial charge on any atom is 0.240 e. The SMILES string of the molecule is CC(/C=N\NC(=O)CCC(=O)Nc1cccc2ccccc12)=C/c1ccc(C(C)C)cc1. The van der Waals surface area contributed by atoms with Gasteiger partial charge in [-0.2, -0.15) is 5.10 Å². The lowest BCUT2D eigenvalue weighted by atomic mass is 10.0. The second-order valence-corrected chi connectivity index (χ2v) is 8.08. The van der Waals surface area contributed by atoms with Gasteiger partial charge in [-0.05, 0) is 41.0 Å². The molecule has 0 spiro atoms. The topological polar surface area (TPSA) is 70.6 Å². The average molecular weight is 428 g/mol. The number of nitrogens with zero attached hydrogens (tertiary/aromatic N) is 1. The van der Waals surface area contributed by atoms with Crippen molar-refractivity contribution in [3.05, 3.63) is 83.4 Å². The smallest absolute Gasteiger partial charge is 0.240 e. The molecule has 5 heteroatoms. The van der Waals surface area contributed by atoms with E-state index in [2.05, 4.69) is 54.0 Å². The highest BCUT2D eigenvalue weighted by Gasteiger charge is 2.08. The molecule has 0 aliphatic heterocycles. The minimum atomic E-state index is -0.302. The fraction of sp³-hybridized carbons (Fsp3) is 0.222. The van der Waals surface area contributed by atoms with Gasteiger partial charge < -0.3 is 5.32 Å². The van der Waals surface area contributed by atoms with Crippen molar-refractivity contribution in [3.8, 4) is 0 Å². The fourth-order valence-corrected chi connectivity index (χ4v) is 3.31. The standard InChI is InChI=1S/C27H29N3O2/c1-19(2)22-13-11-21(12-14-22)17-20(3)18-28-30-27(32)16-15-26(31)29-25-10-6-8-23-7-4-5-9-24(23)25/h4-14,17-19H,15-16H2,1-3H3,(H,29,31)(H,30,32)/b20-17-,28-18-. The van der Waals surface area contributed by atoms with Crippen molar-refractivity contribution >= 4 is 40.6 Å². The fourth-order valence-electron chi connectivity index (χ4n) is 3.31. The molecule has 0 saturated heterocycles. The van der Waals surface area contributed by atoms with E-state index in [1.165, 1.54) is 5.56 Å². The van der Waals surface area contributed by atoms with Crippen molar-refractivity contribution in [1.82, 2.24) is 5.43 Å². The van der Waals surface area contributed by atoms with Crippen molar-refractivity contribution in [1.29, 1.82) is 0 Å². The Morgan fingerprint density at radius 3 is 2.34 bits per heavy atom. The highest BCUT2D eigenvalue weighted by molar-refractivity contribution is 6.02. The number of hydrazone groups is 1. The molecule has 0 fully saturated rings. The number of allylic oxidation sites excluding steroid dienone is 1. The molecule has 0 saturated carbocycles. The van der Waals surface area contributed by atoms with Gasteiger partial charge in [-0.15, -0.1) is 0 Å². The number of rotatable bonds is 8. The molecule has 3 aromatic rings. The van der Waals surface area contributed by atoms with Crippen LogP contribution in [0.3, 0.4) is 0 Å². The van der Waals surface area contributed by atoms with Crippen LogP contribution in [0.1, 0.15) is 50.7 Å². The predicted octanol–water partition coefficient (Wildman–Crippen LogP) is 5.89. The Hall–Kier alpha value is -3.73. The summed E-state index contributed by atoms with van der Waals surface area (Å²) in [5.41, 5.74) is 6.51. The van der Waals surface area contributed by atoms with E-state index in [9.17, 15) is 9.59 Å². The largest absolute Gasteiger partial charge is 0.326 e. The Balaban J connectivity index is 1.46. The van der Waals surface area contributed by atoms with Gasteiger partial charge in [0.15, 0.2) is 0 Å². The quantitative estimate of drug-likeness (QED) is 0.348. The van der Waals surface area contributed by atoms with Gasteiger partial charge in [-0.25, -0.2) is 5.43 Å². The molecule has 2 amide bonds. The lowest BCUT2D eigenvalue weighted by Gasteiger charge is -2.08. The number of anilines is 1. The Bertz CT molecular complexity index is 1140. The molecule has 0 aromatic heterocycles. The third kappa shape index (κ3) is 6.64. The van der Waals surface area contributed by atoms with Gasteiger partial charge in [-0.1, -0.05) is 80.6 Å². The van der Waals surface area contributed by atoms with Gasteiger partial charge in [0.2, 0.25) is 11.8 Å². The maximum absolute atomic E-state index is 12.3. The molecule has 0 heterocycles. The van der Waals surface area contributed by atoms with E-state index in [0.717, 1.165) is 27.6 Å². The Labute approximate surface area is 189 Å². The number of hydrogen-bond acceptors (Lipinski definition) is 3. The summed E-state index contributed by atoms with van der Waals surface area (Å²) in [5.74, 6) is -0.00942. The third-order valence-corrected chi connectivity index (χ3v) is 5.10. The van der Waals surface area contributed by atoms with Crippen molar-refractivity contribution in [2.24, 2.45) is 5.10 Å². The van der Waals surface area contributed by atoms with Gasteiger partial charge in [-0.3, -0.25) is 9.59 Å². The molecular weight excluding hydrogens is 398 g/mol. The summed E-state index contributed by atoms with van der Waals surface area (Å²) in [7, 11) is 0. The predicted molar refractivity (Wildman–Crippen MR) is 133 cm³/mol. The van der Waals surface area contributed by atoms with E-state index in [4.69, 9.17) is 0 Å². The van der Waals surface area contributed by atoms with Crippen LogP contribution in [0.5, 0.6) is 0 Å². The summed E-state index contributed by atoms with van der Waals surface area (Å²) < 4.78 is 0. The van der Waals surface area contributed by atoms with Crippen LogP contribution in [0.25, 0.3) is 16.8 Å². The summed E-state index contributed by atoms with van der Waals surface area (Å²) in [5, 5.41) is 8.90. The third-order valence-electron chi connectivity index (χ3n) is 5.10. The van der Waals surface area contributed by atoms with E-state index in [1.807, 2.05) is 55.5 Å². The zero-order chi connectivity index (χ0) is 22.9. The molecule has 0 radical (unpaired) electrons. The number of fused-ring (bicyclic) bond motifs is 1. The average Bonchev–Trinajstić information content (AvgIpc) is 2.78. The minimum Gasteiger partial charge on any atom is -0.326 e. The minimum absolute atomic E-state index is 0.0629. The van der Waals surface area contributed by atoms with Crippen LogP contribution in [-0.4, -0.2) is 18.0 Å². The molecule has 0 bridgehead atoms. The highest BCUT2D eigenvalue weighted by Crippen LogP contribution is 2.23. The lowest BCUT2D eigenvalue weighted by molar-refractivity contribution is -0.124. The van der Waals surface area contributed by atoms with E-state index >= 15 is 0 Å². The van der Waals surface area contributed by atoms with Crippen LogP contribution in [0.15, 0.2) is 77.4 Å². The molecule has 2 N–H and O–H groups in total. The first kappa shape index (κ1) is 22.9. The number of carbonyl (C=O) groups excluding carboxylic acids is 2. The zero-order valence-electron chi connectivity index (χ0n) is 18.8. The summed E-state index contributed by atoms with van der Waals surface area (Å²) in [4.78, 5) is 24.3. The first-order valence-electron chi connectivity index (χ1n) is 10.8. The van der Waals surface area contributed by atoms with Crippen LogP contribution in [0.4, 0.5) is 5.69 Å². The molecular formula is C27H29N3O2. The second-order valence-electron chi connectivity index (χ2n) is 8.08. The molecule has 3 aromatic carbocycles. The number of carbonyl (C=O) groups is 2. The van der Waals surface area contributed by atoms with Crippen molar-refractivity contribution in [2.75, 3.05) is 5.32 Å². The molecule has 3 rings (SSSR count). The lowest BCUT2D eigenvalue weighted by Crippen LogP contribution is -2.20. The first-order valence-corrected chi connectivity index (χ1v) is 10.8. The number of hydrogen-bond donors (Lipinski definition) is 2. The van der Waals surface area contributed by atoms with E-state index in [-0.39, 0.29) is 24.7 Å². The summed E-state index contributed by atoms with van der Waals surface area (Å²) in [6, 6.07) is 22.0. The maximum atomic E-state index is 12.3. The Morgan fingerprint density at radius 1 is 0.906 bits per heavy atom. The van der Waals surface area contributed by atoms with Gasteiger partial charge >= 0.3 is 0 Å². The number of benzene rings is 3. The van der Waals surface area contributed by atoms with E-state index < -0.39 is 0 Å². The molecule has 5 nitrogen and oxygen atoms in total. The van der Waals surface area contributed by atoms with Gasteiger partial charge in [0.25, 0.3) is 0 Å². The van der Waals surface area contributed by atoms with Gasteiger partial charge in [0, 0.05) is 23.9 Å². The van der Waals surface area contributed by atoms with Crippen LogP contribution in [0.2, 0.25) is 0 Å². The normalized spacial score (nSPS) is 11.8. The molecule has 32 heavy (non-hydrogen) atoms. The second kappa shape index (κ2) is 11.0. The summed E-state index contributed by atoms with van der Waals surface area (Å²) in [6.45, 7) is 6.25. The Kier molecular flexibility index (Phi) is 7.92. The van der Waals surface area contributed by atoms with Crippen molar-refractivity contribution < 1.29 is 9.59 Å². The van der Waals surface area contributed by atoms with Crippen LogP contribution in [-0.2, 0) is 9.59 Å². The molecule has 0 aliphatic rings. The summed E-state index contributed by atoms with van der Waals surface area (Å²) >= 11 is 0. The molecule has 164 valence electrons. The zero-order valence-corrected chi connectivity index (χ0v) is 18.8. The van der Waals surface area contributed by atoms with Crippen molar-refractivity contribution in [2.45, 2.75) is 39.5 Å². The first-order chi connectivity index (χ1) is 15.4. The highest BCUT2D eigenvalue weighted by atomic mass is 16.2. The molecule has 0 aliphatic carbocycles. The molecule has 0 atom stereocenters.